The fourth-order valence-corrected chi connectivity index (χ4v) is 1.48. The number of aryl methyl sites for hydroxylation is 1. The molecule has 0 radical (unpaired) electrons. The van der Waals surface area contributed by atoms with Crippen LogP contribution < -0.4 is 10.5 Å². The Labute approximate surface area is 86.1 Å². The molecule has 0 aliphatic carbocycles. The standard InChI is InChI=1S/C12H19NO/c1-9-4-5-11(6-10(2)8-13)12(7-9)14-3/h4-5,7,10H,6,8,13H2,1-3H3. The Morgan fingerprint density at radius 1 is 1.43 bits per heavy atom. The van der Waals surface area contributed by atoms with E-state index in [9.17, 15) is 0 Å². The molecule has 0 saturated heterocycles. The van der Waals surface area contributed by atoms with Crippen molar-refractivity contribution in [2.24, 2.45) is 11.7 Å². The number of benzene rings is 1. The van der Waals surface area contributed by atoms with Crippen molar-refractivity contribution in [2.45, 2.75) is 20.3 Å². The van der Waals surface area contributed by atoms with E-state index >= 15 is 0 Å². The van der Waals surface area contributed by atoms with E-state index in [0.29, 0.717) is 5.92 Å². The quantitative estimate of drug-likeness (QED) is 0.795. The molecule has 1 aromatic carbocycles. The molecule has 0 saturated carbocycles. The van der Waals surface area contributed by atoms with Crippen LogP contribution in [-0.4, -0.2) is 13.7 Å². The molecule has 0 bridgehead atoms. The first-order valence-corrected chi connectivity index (χ1v) is 5.01. The molecule has 0 spiro atoms. The highest BCUT2D eigenvalue weighted by atomic mass is 16.5. The second-order valence-corrected chi connectivity index (χ2v) is 3.86. The third-order valence-corrected chi connectivity index (χ3v) is 2.41. The summed E-state index contributed by atoms with van der Waals surface area (Å²) in [5, 5.41) is 0. The van der Waals surface area contributed by atoms with Crippen LogP contribution in [0, 0.1) is 12.8 Å². The monoisotopic (exact) mass is 193 g/mol. The van der Waals surface area contributed by atoms with Gasteiger partial charge in [0.05, 0.1) is 7.11 Å². The predicted octanol–water partition coefficient (Wildman–Crippen LogP) is 2.14. The highest BCUT2D eigenvalue weighted by molar-refractivity contribution is 5.37. The Morgan fingerprint density at radius 2 is 2.14 bits per heavy atom. The zero-order valence-electron chi connectivity index (χ0n) is 9.21. The third kappa shape index (κ3) is 2.74. The summed E-state index contributed by atoms with van der Waals surface area (Å²) in [4.78, 5) is 0. The minimum Gasteiger partial charge on any atom is -0.496 e. The fourth-order valence-electron chi connectivity index (χ4n) is 1.48. The van der Waals surface area contributed by atoms with Gasteiger partial charge in [-0.15, -0.1) is 0 Å². The largest absolute Gasteiger partial charge is 0.496 e. The van der Waals surface area contributed by atoms with Crippen LogP contribution in [0.5, 0.6) is 5.75 Å². The minimum atomic E-state index is 0.506. The lowest BCUT2D eigenvalue weighted by Crippen LogP contribution is -2.13. The molecule has 78 valence electrons. The van der Waals surface area contributed by atoms with Crippen LogP contribution in [0.4, 0.5) is 0 Å². The summed E-state index contributed by atoms with van der Waals surface area (Å²) >= 11 is 0. The first-order valence-electron chi connectivity index (χ1n) is 5.01. The first-order chi connectivity index (χ1) is 6.67. The Hall–Kier alpha value is -1.02. The van der Waals surface area contributed by atoms with Gasteiger partial charge in [-0.2, -0.15) is 0 Å². The van der Waals surface area contributed by atoms with Crippen LogP contribution in [0.15, 0.2) is 18.2 Å². The van der Waals surface area contributed by atoms with Crippen molar-refractivity contribution < 1.29 is 4.74 Å². The molecular formula is C12H19NO. The maximum atomic E-state index is 5.60. The number of methoxy groups -OCH3 is 1. The van der Waals surface area contributed by atoms with Crippen molar-refractivity contribution in [1.29, 1.82) is 0 Å². The summed E-state index contributed by atoms with van der Waals surface area (Å²) in [6, 6.07) is 6.31. The molecular weight excluding hydrogens is 174 g/mol. The van der Waals surface area contributed by atoms with Crippen LogP contribution in [-0.2, 0) is 6.42 Å². The zero-order valence-corrected chi connectivity index (χ0v) is 9.21. The van der Waals surface area contributed by atoms with E-state index < -0.39 is 0 Å². The second-order valence-electron chi connectivity index (χ2n) is 3.86. The van der Waals surface area contributed by atoms with Crippen LogP contribution >= 0.6 is 0 Å². The molecule has 1 rings (SSSR count). The van der Waals surface area contributed by atoms with Crippen molar-refractivity contribution >= 4 is 0 Å². The second kappa shape index (κ2) is 5.01. The summed E-state index contributed by atoms with van der Waals surface area (Å²) < 4.78 is 5.33. The van der Waals surface area contributed by atoms with Gasteiger partial charge >= 0.3 is 0 Å². The molecule has 0 amide bonds. The normalized spacial score (nSPS) is 12.6. The maximum absolute atomic E-state index is 5.60. The van der Waals surface area contributed by atoms with Gasteiger partial charge in [0.25, 0.3) is 0 Å². The molecule has 0 aliphatic rings. The number of rotatable bonds is 4. The average molecular weight is 193 g/mol. The Morgan fingerprint density at radius 3 is 2.71 bits per heavy atom. The number of ether oxygens (including phenoxy) is 1. The molecule has 1 unspecified atom stereocenters. The third-order valence-electron chi connectivity index (χ3n) is 2.41. The lowest BCUT2D eigenvalue weighted by Gasteiger charge is -2.12. The van der Waals surface area contributed by atoms with Crippen molar-refractivity contribution in [3.8, 4) is 5.75 Å². The summed E-state index contributed by atoms with van der Waals surface area (Å²) in [6.07, 6.45) is 0.986. The highest BCUT2D eigenvalue weighted by Crippen LogP contribution is 2.22. The van der Waals surface area contributed by atoms with Gasteiger partial charge in [0.15, 0.2) is 0 Å². The van der Waals surface area contributed by atoms with E-state index in [1.54, 1.807) is 7.11 Å². The summed E-state index contributed by atoms with van der Waals surface area (Å²) in [5.74, 6) is 1.48. The molecule has 0 aromatic heterocycles. The maximum Gasteiger partial charge on any atom is 0.122 e. The van der Waals surface area contributed by atoms with Gasteiger partial charge in [-0.05, 0) is 43.0 Å². The van der Waals surface area contributed by atoms with Gasteiger partial charge < -0.3 is 10.5 Å². The number of hydrogen-bond donors (Lipinski definition) is 1. The van der Waals surface area contributed by atoms with Crippen molar-refractivity contribution in [2.75, 3.05) is 13.7 Å². The molecule has 14 heavy (non-hydrogen) atoms. The summed E-state index contributed by atoms with van der Waals surface area (Å²) in [5.41, 5.74) is 8.07. The van der Waals surface area contributed by atoms with Crippen LogP contribution in [0.25, 0.3) is 0 Å². The van der Waals surface area contributed by atoms with E-state index in [0.717, 1.165) is 18.7 Å². The lowest BCUT2D eigenvalue weighted by molar-refractivity contribution is 0.405. The van der Waals surface area contributed by atoms with Crippen molar-refractivity contribution in [1.82, 2.24) is 0 Å². The van der Waals surface area contributed by atoms with Crippen molar-refractivity contribution in [3.63, 3.8) is 0 Å². The predicted molar refractivity (Wildman–Crippen MR) is 59.7 cm³/mol. The zero-order chi connectivity index (χ0) is 10.6. The van der Waals surface area contributed by atoms with E-state index in [1.165, 1.54) is 11.1 Å². The Kier molecular flexibility index (Phi) is 3.96. The molecule has 2 N–H and O–H groups in total. The molecule has 0 heterocycles. The van der Waals surface area contributed by atoms with E-state index in [-0.39, 0.29) is 0 Å². The minimum absolute atomic E-state index is 0.506. The molecule has 1 atom stereocenters. The first kappa shape index (κ1) is 11.1. The molecule has 0 fully saturated rings. The Balaban J connectivity index is 2.85. The van der Waals surface area contributed by atoms with E-state index in [4.69, 9.17) is 10.5 Å². The van der Waals surface area contributed by atoms with Gasteiger partial charge in [0.2, 0.25) is 0 Å². The molecule has 2 heteroatoms. The lowest BCUT2D eigenvalue weighted by atomic mass is 9.99. The van der Waals surface area contributed by atoms with Gasteiger partial charge in [-0.1, -0.05) is 19.1 Å². The molecule has 0 aliphatic heterocycles. The van der Waals surface area contributed by atoms with Crippen molar-refractivity contribution in [3.05, 3.63) is 29.3 Å². The Bertz CT molecular complexity index is 296. The van der Waals surface area contributed by atoms with Crippen LogP contribution in [0.2, 0.25) is 0 Å². The van der Waals surface area contributed by atoms with Crippen LogP contribution in [0.3, 0.4) is 0 Å². The van der Waals surface area contributed by atoms with Gasteiger partial charge in [-0.25, -0.2) is 0 Å². The number of nitrogens with two attached hydrogens (primary N) is 1. The molecule has 2 nitrogen and oxygen atoms in total. The molecule has 1 aromatic rings. The van der Waals surface area contributed by atoms with E-state index in [1.807, 2.05) is 0 Å². The average Bonchev–Trinajstić information content (AvgIpc) is 2.20. The number of hydrogen-bond acceptors (Lipinski definition) is 2. The van der Waals surface area contributed by atoms with Crippen LogP contribution in [0.1, 0.15) is 18.1 Å². The fraction of sp³-hybridized carbons (Fsp3) is 0.500. The van der Waals surface area contributed by atoms with E-state index in [2.05, 4.69) is 32.0 Å². The smallest absolute Gasteiger partial charge is 0.122 e. The van der Waals surface area contributed by atoms with Gasteiger partial charge in [0, 0.05) is 0 Å². The van der Waals surface area contributed by atoms with Gasteiger partial charge in [-0.3, -0.25) is 0 Å². The topological polar surface area (TPSA) is 35.2 Å². The van der Waals surface area contributed by atoms with Gasteiger partial charge in [0.1, 0.15) is 5.75 Å². The summed E-state index contributed by atoms with van der Waals surface area (Å²) in [7, 11) is 1.71. The highest BCUT2D eigenvalue weighted by Gasteiger charge is 2.06. The SMILES string of the molecule is COc1cc(C)ccc1CC(C)CN. The summed E-state index contributed by atoms with van der Waals surface area (Å²) in [6.45, 7) is 4.94.